The van der Waals surface area contributed by atoms with E-state index < -0.39 is 16.0 Å². The third-order valence-electron chi connectivity index (χ3n) is 5.57. The number of piperidine rings is 1. The van der Waals surface area contributed by atoms with Crippen LogP contribution in [0.15, 0.2) is 47.4 Å². The van der Waals surface area contributed by atoms with Crippen LogP contribution in [0.25, 0.3) is 0 Å². The molecule has 0 unspecified atom stereocenters. The van der Waals surface area contributed by atoms with Crippen molar-refractivity contribution in [3.05, 3.63) is 53.6 Å². The van der Waals surface area contributed by atoms with Gasteiger partial charge in [-0.1, -0.05) is 18.6 Å². The number of ether oxygens (including phenoxy) is 3. The fourth-order valence-corrected chi connectivity index (χ4v) is 5.70. The van der Waals surface area contributed by atoms with Crippen LogP contribution >= 0.6 is 0 Å². The molecule has 0 saturated carbocycles. The van der Waals surface area contributed by atoms with Crippen LogP contribution in [-0.4, -0.2) is 57.4 Å². The number of sulfonamides is 1. The molecule has 2 aromatic rings. The molecule has 0 aliphatic carbocycles. The van der Waals surface area contributed by atoms with E-state index in [2.05, 4.69) is 0 Å². The van der Waals surface area contributed by atoms with E-state index in [9.17, 15) is 18.0 Å². The summed E-state index contributed by atoms with van der Waals surface area (Å²) in [5, 5.41) is 0. The lowest BCUT2D eigenvalue weighted by atomic mass is 10.1. The summed E-state index contributed by atoms with van der Waals surface area (Å²) in [4.78, 5) is 24.2. The number of rotatable bonds is 9. The first-order valence-corrected chi connectivity index (χ1v) is 12.3. The van der Waals surface area contributed by atoms with E-state index in [1.165, 1.54) is 36.5 Å². The molecule has 8 nitrogen and oxygen atoms in total. The Balaban J connectivity index is 1.70. The number of ketones is 1. The zero-order valence-corrected chi connectivity index (χ0v) is 19.9. The Morgan fingerprint density at radius 3 is 2.52 bits per heavy atom. The predicted molar refractivity (Wildman–Crippen MR) is 122 cm³/mol. The van der Waals surface area contributed by atoms with E-state index in [-0.39, 0.29) is 41.2 Å². The number of carbonyl (C=O) groups is 2. The molecule has 0 aromatic heterocycles. The second-order valence-corrected chi connectivity index (χ2v) is 9.72. The molecule has 1 fully saturated rings. The zero-order chi connectivity index (χ0) is 24.0. The minimum Gasteiger partial charge on any atom is -0.495 e. The highest BCUT2D eigenvalue weighted by molar-refractivity contribution is 7.89. The highest BCUT2D eigenvalue weighted by Gasteiger charge is 2.33. The largest absolute Gasteiger partial charge is 0.495 e. The Hall–Kier alpha value is -2.91. The minimum atomic E-state index is -3.84. The standard InChI is InChI=1S/C24H29NO7S/c1-17-8-6-7-13-25(17)33(28,29)23-16-19(11-12-22(23)30-3)24(27)32-15-14-31-21-10-5-4-9-20(21)18(2)26/h4-5,9-12,16-17H,6-8,13-15H2,1-3H3/t17-/m1/s1. The van der Waals surface area contributed by atoms with Crippen molar-refractivity contribution in [3.8, 4) is 11.5 Å². The van der Waals surface area contributed by atoms with Crippen LogP contribution in [0.3, 0.4) is 0 Å². The van der Waals surface area contributed by atoms with E-state index in [0.29, 0.717) is 17.9 Å². The number of methoxy groups -OCH3 is 1. The van der Waals surface area contributed by atoms with Crippen LogP contribution in [0.2, 0.25) is 0 Å². The van der Waals surface area contributed by atoms with Gasteiger partial charge >= 0.3 is 5.97 Å². The van der Waals surface area contributed by atoms with Crippen molar-refractivity contribution < 1.29 is 32.2 Å². The van der Waals surface area contributed by atoms with Crippen LogP contribution in [0, 0.1) is 0 Å². The first-order valence-electron chi connectivity index (χ1n) is 10.9. The van der Waals surface area contributed by atoms with Gasteiger partial charge in [0.25, 0.3) is 0 Å². The van der Waals surface area contributed by atoms with Gasteiger partial charge in [0.15, 0.2) is 5.78 Å². The van der Waals surface area contributed by atoms with Crippen molar-refractivity contribution in [2.24, 2.45) is 0 Å². The van der Waals surface area contributed by atoms with Gasteiger partial charge in [-0.05, 0) is 57.0 Å². The summed E-state index contributed by atoms with van der Waals surface area (Å²) in [6.07, 6.45) is 2.56. The summed E-state index contributed by atoms with van der Waals surface area (Å²) in [5.41, 5.74) is 0.545. The Labute approximate surface area is 194 Å². The lowest BCUT2D eigenvalue weighted by Crippen LogP contribution is -2.42. The summed E-state index contributed by atoms with van der Waals surface area (Å²) < 4.78 is 44.2. The minimum absolute atomic E-state index is 0.0443. The number of hydrogen-bond acceptors (Lipinski definition) is 7. The van der Waals surface area contributed by atoms with Gasteiger partial charge in [0.1, 0.15) is 29.6 Å². The summed E-state index contributed by atoms with van der Waals surface area (Å²) in [6, 6.07) is 10.9. The molecule has 3 rings (SSSR count). The lowest BCUT2D eigenvalue weighted by Gasteiger charge is -2.32. The molecule has 1 atom stereocenters. The van der Waals surface area contributed by atoms with Crippen molar-refractivity contribution >= 4 is 21.8 Å². The fourth-order valence-electron chi connectivity index (χ4n) is 3.81. The Morgan fingerprint density at radius 1 is 1.06 bits per heavy atom. The number of hydrogen-bond donors (Lipinski definition) is 0. The van der Waals surface area contributed by atoms with Crippen molar-refractivity contribution in [2.75, 3.05) is 26.9 Å². The van der Waals surface area contributed by atoms with Crippen LogP contribution in [0.5, 0.6) is 11.5 Å². The molecule has 1 aliphatic rings. The molecule has 1 aliphatic heterocycles. The number of nitrogens with zero attached hydrogens (tertiary/aromatic N) is 1. The van der Waals surface area contributed by atoms with Crippen LogP contribution < -0.4 is 9.47 Å². The first-order chi connectivity index (χ1) is 15.8. The maximum absolute atomic E-state index is 13.3. The second-order valence-electron chi connectivity index (χ2n) is 7.86. The summed E-state index contributed by atoms with van der Waals surface area (Å²) in [5.74, 6) is -0.218. The molecule has 178 valence electrons. The number of Topliss-reactive ketones (excluding diaryl/α,β-unsaturated/α-hetero) is 1. The predicted octanol–water partition coefficient (Wildman–Crippen LogP) is 3.70. The van der Waals surface area contributed by atoms with E-state index in [1.54, 1.807) is 24.3 Å². The third-order valence-corrected chi connectivity index (χ3v) is 7.60. The van der Waals surface area contributed by atoms with Crippen molar-refractivity contribution in [3.63, 3.8) is 0 Å². The number of carbonyl (C=O) groups excluding carboxylic acids is 2. The molecule has 0 amide bonds. The highest BCUT2D eigenvalue weighted by atomic mass is 32.2. The summed E-state index contributed by atoms with van der Waals surface area (Å²) >= 11 is 0. The van der Waals surface area contributed by atoms with Crippen LogP contribution in [0.4, 0.5) is 0 Å². The van der Waals surface area contributed by atoms with Gasteiger partial charge in [0.05, 0.1) is 18.2 Å². The Bertz CT molecular complexity index is 1110. The normalized spacial score (nSPS) is 16.8. The third kappa shape index (κ3) is 5.72. The quantitative estimate of drug-likeness (QED) is 0.310. The molecule has 0 N–H and O–H groups in total. The second kappa shape index (κ2) is 10.8. The topological polar surface area (TPSA) is 99.2 Å². The van der Waals surface area contributed by atoms with Gasteiger partial charge in [-0.25, -0.2) is 13.2 Å². The molecule has 2 aromatic carbocycles. The van der Waals surface area contributed by atoms with Gasteiger partial charge in [0, 0.05) is 12.6 Å². The fraction of sp³-hybridized carbons (Fsp3) is 0.417. The van der Waals surface area contributed by atoms with E-state index >= 15 is 0 Å². The average Bonchev–Trinajstić information content (AvgIpc) is 2.81. The van der Waals surface area contributed by atoms with Crippen molar-refractivity contribution in [1.29, 1.82) is 0 Å². The smallest absolute Gasteiger partial charge is 0.338 e. The molecule has 0 spiro atoms. The summed E-state index contributed by atoms with van der Waals surface area (Å²) in [6.45, 7) is 3.74. The van der Waals surface area contributed by atoms with Crippen LogP contribution in [0.1, 0.15) is 53.8 Å². The maximum atomic E-state index is 13.3. The monoisotopic (exact) mass is 475 g/mol. The summed E-state index contributed by atoms with van der Waals surface area (Å²) in [7, 11) is -2.45. The van der Waals surface area contributed by atoms with E-state index in [4.69, 9.17) is 14.2 Å². The molecule has 1 heterocycles. The lowest BCUT2D eigenvalue weighted by molar-refractivity contribution is 0.0449. The first kappa shape index (κ1) is 24.7. The molecule has 0 radical (unpaired) electrons. The molecule has 33 heavy (non-hydrogen) atoms. The van der Waals surface area contributed by atoms with Crippen LogP contribution in [-0.2, 0) is 14.8 Å². The maximum Gasteiger partial charge on any atom is 0.338 e. The molecule has 9 heteroatoms. The SMILES string of the molecule is COc1ccc(C(=O)OCCOc2ccccc2C(C)=O)cc1S(=O)(=O)N1CCCC[C@H]1C. The molecule has 0 bridgehead atoms. The van der Waals surface area contributed by atoms with Gasteiger partial charge < -0.3 is 14.2 Å². The zero-order valence-electron chi connectivity index (χ0n) is 19.1. The number of esters is 1. The van der Waals surface area contributed by atoms with Gasteiger partial charge in [-0.15, -0.1) is 0 Å². The van der Waals surface area contributed by atoms with E-state index in [0.717, 1.165) is 19.3 Å². The van der Waals surface area contributed by atoms with E-state index in [1.807, 2.05) is 6.92 Å². The van der Waals surface area contributed by atoms with Crippen molar-refractivity contribution in [1.82, 2.24) is 4.31 Å². The van der Waals surface area contributed by atoms with Gasteiger partial charge in [0.2, 0.25) is 10.0 Å². The number of benzene rings is 2. The van der Waals surface area contributed by atoms with Crippen molar-refractivity contribution in [2.45, 2.75) is 44.0 Å². The van der Waals surface area contributed by atoms with Gasteiger partial charge in [-0.2, -0.15) is 4.31 Å². The Kier molecular flexibility index (Phi) is 8.10. The van der Waals surface area contributed by atoms with Gasteiger partial charge in [-0.3, -0.25) is 4.79 Å². The number of para-hydroxylation sites is 1. The Morgan fingerprint density at radius 2 is 1.82 bits per heavy atom. The average molecular weight is 476 g/mol. The molecule has 1 saturated heterocycles. The molecular weight excluding hydrogens is 446 g/mol. The molecular formula is C24H29NO7S. The highest BCUT2D eigenvalue weighted by Crippen LogP contribution is 2.32.